The first kappa shape index (κ1) is 15.8. The quantitative estimate of drug-likeness (QED) is 0.891. The van der Waals surface area contributed by atoms with Crippen molar-refractivity contribution < 1.29 is 19.0 Å². The highest BCUT2D eigenvalue weighted by atomic mass is 19.1. The van der Waals surface area contributed by atoms with Crippen molar-refractivity contribution in [1.82, 2.24) is 0 Å². The Morgan fingerprint density at radius 2 is 1.82 bits per heavy atom. The average molecular weight is 301 g/mol. The molecular weight excluding hydrogens is 285 g/mol. The van der Waals surface area contributed by atoms with Crippen molar-refractivity contribution in [2.45, 2.75) is 13.0 Å². The fourth-order valence-electron chi connectivity index (χ4n) is 1.83. The summed E-state index contributed by atoms with van der Waals surface area (Å²) in [4.78, 5) is 0. The first-order valence-corrected chi connectivity index (χ1v) is 6.78. The van der Waals surface area contributed by atoms with Crippen molar-refractivity contribution in [2.75, 3.05) is 13.2 Å². The largest absolute Gasteiger partial charge is 0.491 e. The lowest BCUT2D eigenvalue weighted by Crippen LogP contribution is -2.25. The molecule has 2 rings (SSSR count). The Hall–Kier alpha value is -2.58. The Bertz CT molecular complexity index is 665. The van der Waals surface area contributed by atoms with Gasteiger partial charge in [-0.1, -0.05) is 0 Å². The molecule has 1 atom stereocenters. The van der Waals surface area contributed by atoms with Crippen molar-refractivity contribution >= 4 is 0 Å². The Balaban J connectivity index is 1.80. The lowest BCUT2D eigenvalue weighted by molar-refractivity contribution is 0.0624. The molecular formula is C17H16FNO3. The molecule has 0 saturated carbocycles. The number of benzene rings is 2. The molecule has 0 aromatic heterocycles. The highest BCUT2D eigenvalue weighted by Crippen LogP contribution is 2.18. The third kappa shape index (κ3) is 4.47. The molecule has 4 nitrogen and oxygen atoms in total. The van der Waals surface area contributed by atoms with E-state index in [0.717, 1.165) is 0 Å². The van der Waals surface area contributed by atoms with Crippen LogP contribution in [-0.2, 0) is 0 Å². The smallest absolute Gasteiger partial charge is 0.123 e. The topological polar surface area (TPSA) is 62.5 Å². The maximum atomic E-state index is 13.0. The zero-order chi connectivity index (χ0) is 15.9. The maximum Gasteiger partial charge on any atom is 0.123 e. The predicted molar refractivity (Wildman–Crippen MR) is 79.3 cm³/mol. The summed E-state index contributed by atoms with van der Waals surface area (Å²) in [5.41, 5.74) is 1.21. The number of aliphatic hydroxyl groups excluding tert-OH is 1. The first-order chi connectivity index (χ1) is 10.6. The van der Waals surface area contributed by atoms with Gasteiger partial charge < -0.3 is 14.6 Å². The van der Waals surface area contributed by atoms with Gasteiger partial charge in [0.15, 0.2) is 0 Å². The summed E-state index contributed by atoms with van der Waals surface area (Å²) in [6.07, 6.45) is -0.819. The van der Waals surface area contributed by atoms with Gasteiger partial charge in [0, 0.05) is 0 Å². The van der Waals surface area contributed by atoms with E-state index in [1.807, 2.05) is 6.07 Å². The summed E-state index contributed by atoms with van der Waals surface area (Å²) in [5.74, 6) is 0.768. The molecule has 0 heterocycles. The second-order valence-corrected chi connectivity index (χ2v) is 4.82. The van der Waals surface area contributed by atoms with Crippen LogP contribution in [0, 0.1) is 24.1 Å². The van der Waals surface area contributed by atoms with Crippen LogP contribution >= 0.6 is 0 Å². The molecule has 1 unspecified atom stereocenters. The summed E-state index contributed by atoms with van der Waals surface area (Å²) in [5, 5.41) is 18.5. The Kier molecular flexibility index (Phi) is 5.34. The molecule has 0 spiro atoms. The number of hydrogen-bond donors (Lipinski definition) is 1. The van der Waals surface area contributed by atoms with E-state index in [0.29, 0.717) is 22.6 Å². The summed E-state index contributed by atoms with van der Waals surface area (Å²) >= 11 is 0. The van der Waals surface area contributed by atoms with Crippen LogP contribution in [0.4, 0.5) is 4.39 Å². The highest BCUT2D eigenvalue weighted by Gasteiger charge is 2.08. The Labute approximate surface area is 128 Å². The average Bonchev–Trinajstić information content (AvgIpc) is 2.52. The second kappa shape index (κ2) is 7.43. The number of aryl methyl sites for hydroxylation is 1. The van der Waals surface area contributed by atoms with E-state index < -0.39 is 6.10 Å². The van der Waals surface area contributed by atoms with Crippen LogP contribution in [0.1, 0.15) is 11.1 Å². The molecule has 0 aliphatic carbocycles. The van der Waals surface area contributed by atoms with Gasteiger partial charge >= 0.3 is 0 Å². The molecule has 5 heteroatoms. The number of rotatable bonds is 6. The molecule has 1 N–H and O–H groups in total. The standard InChI is InChI=1S/C17H16FNO3/c1-12-8-14(18)4-7-17(12)22-11-15(20)10-21-16-5-2-13(9-19)3-6-16/h2-8,15,20H,10-11H2,1H3. The van der Waals surface area contributed by atoms with E-state index in [9.17, 15) is 9.50 Å². The number of hydrogen-bond acceptors (Lipinski definition) is 4. The van der Waals surface area contributed by atoms with Gasteiger partial charge in [-0.15, -0.1) is 0 Å². The number of aliphatic hydroxyl groups is 1. The van der Waals surface area contributed by atoms with E-state index in [1.165, 1.54) is 18.2 Å². The first-order valence-electron chi connectivity index (χ1n) is 6.78. The lowest BCUT2D eigenvalue weighted by atomic mass is 10.2. The van der Waals surface area contributed by atoms with E-state index in [-0.39, 0.29) is 19.0 Å². The van der Waals surface area contributed by atoms with Gasteiger partial charge in [-0.05, 0) is 55.0 Å². The molecule has 0 fully saturated rings. The van der Waals surface area contributed by atoms with Gasteiger partial charge in [0.1, 0.15) is 36.6 Å². The molecule has 0 amide bonds. The van der Waals surface area contributed by atoms with Crippen molar-refractivity contribution in [1.29, 1.82) is 5.26 Å². The third-order valence-corrected chi connectivity index (χ3v) is 2.99. The number of nitrogens with zero attached hydrogens (tertiary/aromatic N) is 1. The molecule has 0 bridgehead atoms. The monoisotopic (exact) mass is 301 g/mol. The van der Waals surface area contributed by atoms with Crippen LogP contribution in [-0.4, -0.2) is 24.4 Å². The van der Waals surface area contributed by atoms with Crippen molar-refractivity contribution in [3.63, 3.8) is 0 Å². The minimum absolute atomic E-state index is 0.0444. The van der Waals surface area contributed by atoms with Crippen LogP contribution in [0.5, 0.6) is 11.5 Å². The van der Waals surface area contributed by atoms with Crippen LogP contribution in [0.3, 0.4) is 0 Å². The fraction of sp³-hybridized carbons (Fsp3) is 0.235. The number of nitriles is 1. The fourth-order valence-corrected chi connectivity index (χ4v) is 1.83. The third-order valence-electron chi connectivity index (χ3n) is 2.99. The van der Waals surface area contributed by atoms with Gasteiger partial charge in [-0.3, -0.25) is 0 Å². The van der Waals surface area contributed by atoms with Crippen molar-refractivity contribution in [3.05, 3.63) is 59.4 Å². The van der Waals surface area contributed by atoms with Gasteiger partial charge in [0.2, 0.25) is 0 Å². The zero-order valence-corrected chi connectivity index (χ0v) is 12.1. The molecule has 0 aliphatic rings. The van der Waals surface area contributed by atoms with E-state index >= 15 is 0 Å². The minimum Gasteiger partial charge on any atom is -0.491 e. The second-order valence-electron chi connectivity index (χ2n) is 4.82. The maximum absolute atomic E-state index is 13.0. The Morgan fingerprint density at radius 1 is 1.14 bits per heavy atom. The van der Waals surface area contributed by atoms with Gasteiger partial charge in [0.05, 0.1) is 11.6 Å². The predicted octanol–water partition coefficient (Wildman–Crippen LogP) is 2.82. The SMILES string of the molecule is Cc1cc(F)ccc1OCC(O)COc1ccc(C#N)cc1. The van der Waals surface area contributed by atoms with Crippen LogP contribution in [0.15, 0.2) is 42.5 Å². The van der Waals surface area contributed by atoms with Crippen LogP contribution < -0.4 is 9.47 Å². The molecule has 2 aromatic rings. The summed E-state index contributed by atoms with van der Waals surface area (Å²) in [6, 6.07) is 12.8. The van der Waals surface area contributed by atoms with Crippen LogP contribution in [0.2, 0.25) is 0 Å². The summed E-state index contributed by atoms with van der Waals surface area (Å²) in [7, 11) is 0. The summed E-state index contributed by atoms with van der Waals surface area (Å²) < 4.78 is 23.8. The van der Waals surface area contributed by atoms with Crippen molar-refractivity contribution in [3.8, 4) is 17.6 Å². The van der Waals surface area contributed by atoms with E-state index in [2.05, 4.69) is 0 Å². The molecule has 0 aliphatic heterocycles. The molecule has 22 heavy (non-hydrogen) atoms. The van der Waals surface area contributed by atoms with E-state index in [1.54, 1.807) is 31.2 Å². The van der Waals surface area contributed by atoms with E-state index in [4.69, 9.17) is 14.7 Å². The minimum atomic E-state index is -0.819. The molecule has 0 radical (unpaired) electrons. The van der Waals surface area contributed by atoms with Gasteiger partial charge in [-0.25, -0.2) is 4.39 Å². The lowest BCUT2D eigenvalue weighted by Gasteiger charge is -2.14. The molecule has 2 aromatic carbocycles. The number of ether oxygens (including phenoxy) is 2. The normalized spacial score (nSPS) is 11.5. The van der Waals surface area contributed by atoms with Crippen LogP contribution in [0.25, 0.3) is 0 Å². The molecule has 114 valence electrons. The summed E-state index contributed by atoms with van der Waals surface area (Å²) in [6.45, 7) is 1.84. The highest BCUT2D eigenvalue weighted by molar-refractivity contribution is 5.34. The number of halogens is 1. The zero-order valence-electron chi connectivity index (χ0n) is 12.1. The Morgan fingerprint density at radius 3 is 2.45 bits per heavy atom. The molecule has 0 saturated heterocycles. The van der Waals surface area contributed by atoms with Gasteiger partial charge in [0.25, 0.3) is 0 Å². The van der Waals surface area contributed by atoms with Crippen molar-refractivity contribution in [2.24, 2.45) is 0 Å². The van der Waals surface area contributed by atoms with Gasteiger partial charge in [-0.2, -0.15) is 5.26 Å².